The number of cyclic esters (lactones) is 1. The fourth-order valence-corrected chi connectivity index (χ4v) is 8.92. The summed E-state index contributed by atoms with van der Waals surface area (Å²) in [7, 11) is 5.00. The summed E-state index contributed by atoms with van der Waals surface area (Å²) < 4.78 is 48.7. The second-order valence-electron chi connectivity index (χ2n) is 17.0. The molecule has 330 valence electrons. The van der Waals surface area contributed by atoms with Gasteiger partial charge in [0.1, 0.15) is 41.7 Å². The topological polar surface area (TPSA) is 224 Å². The highest BCUT2D eigenvalue weighted by Gasteiger charge is 2.61. The molecule has 1 amide bonds. The average Bonchev–Trinajstić information content (AvgIpc) is 3.78. The van der Waals surface area contributed by atoms with E-state index in [0.717, 1.165) is 6.92 Å². The number of Topliss-reactive ketones (excluding diaryl/α,β-unsaturated/α-hetero) is 2. The summed E-state index contributed by atoms with van der Waals surface area (Å²) in [5.74, 6) is 0.0162. The standard InChI is InChI=1S/C41H59FN8O10/c1-12-29-41(8)33(50(38(55)60-41)16-14-13-15-49-21-27(46-47-49)26-19-44-20-30(43)45-26)24(4)31(51)22(2)18-39(6,56-11)35(25(5)34(53)40(7,42)37(54)58-29)59-36-32(52)28(48(9)10)17-23(3)57-36/h19-25,28-29,32-33,35-36,52H,12,15-18H2,1-11H3,(H2,43,45)/t22-,23-,24+,25+,28?,29-,32?,33-,35-,36+,39-,40+,41-/m1/s1. The Bertz CT molecular complexity index is 1970. The number of halogens is 1. The summed E-state index contributed by atoms with van der Waals surface area (Å²) in [6.45, 7) is 12.1. The van der Waals surface area contributed by atoms with Crippen molar-refractivity contribution in [3.05, 3.63) is 18.6 Å². The van der Waals surface area contributed by atoms with Crippen LogP contribution >= 0.6 is 0 Å². The van der Waals surface area contributed by atoms with E-state index in [1.165, 1.54) is 42.9 Å². The molecule has 3 aliphatic rings. The Balaban J connectivity index is 1.49. The maximum Gasteiger partial charge on any atom is 0.411 e. The SMILES string of the molecule is CC[C@H]1OC(=O)[C@@](C)(F)C(=O)[C@H](C)[C@@H](O[C@@H]2O[C@H](C)CC(N(C)C)C2O)[C@](C)(OC)C[C@@H](C)C(=O)[C@H](C)[C@H]2N(CC#CCn3cc(-c4cncc(N)n4)nn3)C(=O)O[C@]12C. The first-order chi connectivity index (χ1) is 28.1. The molecule has 13 atom stereocenters. The molecule has 60 heavy (non-hydrogen) atoms. The third-order valence-corrected chi connectivity index (χ3v) is 12.3. The minimum absolute atomic E-state index is 0.0313. The Labute approximate surface area is 350 Å². The molecule has 0 saturated carbocycles. The number of carbonyl (C=O) groups excluding carboxylic acids is 4. The highest BCUT2D eigenvalue weighted by Crippen LogP contribution is 2.43. The van der Waals surface area contributed by atoms with Gasteiger partial charge < -0.3 is 39.4 Å². The number of hydrogen-bond acceptors (Lipinski definition) is 16. The number of nitrogen functional groups attached to an aromatic ring is 1. The first kappa shape index (κ1) is 46.5. The van der Waals surface area contributed by atoms with Crippen LogP contribution in [0.1, 0.15) is 74.7 Å². The Kier molecular flexibility index (Phi) is 14.1. The zero-order chi connectivity index (χ0) is 44.5. The maximum absolute atomic E-state index is 16.9. The summed E-state index contributed by atoms with van der Waals surface area (Å²) in [5, 5.41) is 19.6. The van der Waals surface area contributed by atoms with Gasteiger partial charge in [-0.1, -0.05) is 44.7 Å². The van der Waals surface area contributed by atoms with Crippen molar-refractivity contribution in [1.29, 1.82) is 0 Å². The number of methoxy groups -OCH3 is 1. The van der Waals surface area contributed by atoms with Gasteiger partial charge in [-0.3, -0.25) is 19.5 Å². The predicted octanol–water partition coefficient (Wildman–Crippen LogP) is 2.62. The van der Waals surface area contributed by atoms with Crippen molar-refractivity contribution in [3.63, 3.8) is 0 Å². The minimum atomic E-state index is -3.22. The maximum atomic E-state index is 16.9. The smallest absolute Gasteiger partial charge is 0.411 e. The Morgan fingerprint density at radius 2 is 1.73 bits per heavy atom. The normalized spacial score (nSPS) is 36.9. The van der Waals surface area contributed by atoms with E-state index in [4.69, 9.17) is 29.4 Å². The summed E-state index contributed by atoms with van der Waals surface area (Å²) in [6.07, 6.45) is -1.29. The van der Waals surface area contributed by atoms with Gasteiger partial charge in [0.25, 0.3) is 5.67 Å². The highest BCUT2D eigenvalue weighted by atomic mass is 19.1. The zero-order valence-electron chi connectivity index (χ0n) is 36.2. The average molecular weight is 843 g/mol. The molecular weight excluding hydrogens is 783 g/mol. The molecule has 3 N–H and O–H groups in total. The van der Waals surface area contributed by atoms with E-state index in [0.29, 0.717) is 17.8 Å². The highest BCUT2D eigenvalue weighted by molar-refractivity contribution is 6.08. The molecular formula is C41H59FN8O10. The van der Waals surface area contributed by atoms with Crippen LogP contribution in [0.3, 0.4) is 0 Å². The number of nitrogens with two attached hydrogens (primary N) is 1. The molecule has 0 radical (unpaired) electrons. The molecule has 2 aromatic heterocycles. The number of hydrogen-bond donors (Lipinski definition) is 2. The van der Waals surface area contributed by atoms with Gasteiger partial charge in [0.2, 0.25) is 0 Å². The number of anilines is 1. The van der Waals surface area contributed by atoms with Crippen LogP contribution in [0.25, 0.3) is 11.4 Å². The van der Waals surface area contributed by atoms with Crippen molar-refractivity contribution in [2.75, 3.05) is 33.5 Å². The van der Waals surface area contributed by atoms with Crippen LogP contribution in [0.15, 0.2) is 18.6 Å². The van der Waals surface area contributed by atoms with Crippen LogP contribution in [0.4, 0.5) is 15.0 Å². The zero-order valence-corrected chi connectivity index (χ0v) is 36.2. The van der Waals surface area contributed by atoms with E-state index in [2.05, 4.69) is 32.1 Å². The van der Waals surface area contributed by atoms with Crippen LogP contribution in [-0.2, 0) is 44.6 Å². The third kappa shape index (κ3) is 9.17. The lowest BCUT2D eigenvalue weighted by Gasteiger charge is -2.47. The number of nitrogens with zero attached hydrogens (tertiary/aromatic N) is 7. The lowest BCUT2D eigenvalue weighted by molar-refractivity contribution is -0.295. The number of likely N-dealkylation sites (N-methyl/N-ethyl adjacent to an activating group) is 1. The molecule has 5 heterocycles. The van der Waals surface area contributed by atoms with Crippen LogP contribution < -0.4 is 5.73 Å². The number of rotatable bonds is 8. The molecule has 3 fully saturated rings. The predicted molar refractivity (Wildman–Crippen MR) is 213 cm³/mol. The largest absolute Gasteiger partial charge is 0.455 e. The summed E-state index contributed by atoms with van der Waals surface area (Å²) in [6, 6.07) is -1.44. The molecule has 19 heteroatoms. The fraction of sp³-hybridized carbons (Fsp3) is 0.707. The molecule has 18 nitrogen and oxygen atoms in total. The minimum Gasteiger partial charge on any atom is -0.455 e. The van der Waals surface area contributed by atoms with Gasteiger partial charge >= 0.3 is 12.1 Å². The quantitative estimate of drug-likeness (QED) is 0.221. The van der Waals surface area contributed by atoms with E-state index < -0.39 is 83.1 Å². The molecule has 5 rings (SSSR count). The number of carbonyl (C=O) groups is 4. The van der Waals surface area contributed by atoms with E-state index in [1.54, 1.807) is 33.9 Å². The second kappa shape index (κ2) is 18.2. The van der Waals surface area contributed by atoms with Gasteiger partial charge in [0.15, 0.2) is 17.7 Å². The molecule has 3 saturated heterocycles. The molecule has 0 aliphatic carbocycles. The summed E-state index contributed by atoms with van der Waals surface area (Å²) in [5.41, 5.74) is 0.200. The first-order valence-electron chi connectivity index (χ1n) is 20.2. The molecule has 2 unspecified atom stereocenters. The number of amides is 1. The van der Waals surface area contributed by atoms with Crippen LogP contribution in [0, 0.1) is 29.6 Å². The van der Waals surface area contributed by atoms with Crippen molar-refractivity contribution in [3.8, 4) is 23.2 Å². The number of aliphatic hydroxyl groups is 1. The molecule has 0 aromatic carbocycles. The Hall–Kier alpha value is -4.61. The number of fused-ring (bicyclic) bond motifs is 1. The van der Waals surface area contributed by atoms with Crippen molar-refractivity contribution >= 4 is 29.4 Å². The van der Waals surface area contributed by atoms with E-state index >= 15 is 4.39 Å². The van der Waals surface area contributed by atoms with E-state index in [-0.39, 0.29) is 49.7 Å². The van der Waals surface area contributed by atoms with Crippen molar-refractivity contribution in [2.45, 2.75) is 141 Å². The molecule has 0 spiro atoms. The lowest BCUT2D eigenvalue weighted by atomic mass is 9.73. The summed E-state index contributed by atoms with van der Waals surface area (Å²) in [4.78, 5) is 67.9. The van der Waals surface area contributed by atoms with Crippen molar-refractivity contribution < 1.29 is 52.4 Å². The number of ketones is 2. The van der Waals surface area contributed by atoms with E-state index in [9.17, 15) is 24.3 Å². The van der Waals surface area contributed by atoms with Gasteiger partial charge in [-0.05, 0) is 61.1 Å². The molecule has 2 aromatic rings. The fourth-order valence-electron chi connectivity index (χ4n) is 8.92. The number of esters is 1. The van der Waals surface area contributed by atoms with Gasteiger partial charge in [-0.2, -0.15) is 0 Å². The van der Waals surface area contributed by atoms with Gasteiger partial charge in [-0.15, -0.1) is 5.10 Å². The number of aromatic nitrogens is 5. The second-order valence-corrected chi connectivity index (χ2v) is 17.0. The van der Waals surface area contributed by atoms with E-state index in [1.807, 2.05) is 25.9 Å². The van der Waals surface area contributed by atoms with Crippen molar-refractivity contribution in [2.24, 2.45) is 17.8 Å². The monoisotopic (exact) mass is 842 g/mol. The first-order valence-corrected chi connectivity index (χ1v) is 20.2. The molecule has 3 aliphatic heterocycles. The summed E-state index contributed by atoms with van der Waals surface area (Å²) >= 11 is 0. The molecule has 0 bridgehead atoms. The van der Waals surface area contributed by atoms with Crippen molar-refractivity contribution in [1.82, 2.24) is 34.8 Å². The van der Waals surface area contributed by atoms with Crippen LogP contribution in [0.5, 0.6) is 0 Å². The number of alkyl halides is 1. The number of ether oxygens (including phenoxy) is 5. The lowest BCUT2D eigenvalue weighted by Crippen LogP contribution is -2.61. The van der Waals surface area contributed by atoms with Gasteiger partial charge in [-0.25, -0.2) is 23.6 Å². The Morgan fingerprint density at radius 1 is 1.05 bits per heavy atom. The van der Waals surface area contributed by atoms with Crippen LogP contribution in [0.2, 0.25) is 0 Å². The van der Waals surface area contributed by atoms with Gasteiger partial charge in [0, 0.05) is 30.9 Å². The number of aliphatic hydroxyl groups excluding tert-OH is 1. The van der Waals surface area contributed by atoms with Crippen LogP contribution in [-0.4, -0.2) is 151 Å². The Morgan fingerprint density at radius 3 is 2.37 bits per heavy atom. The van der Waals surface area contributed by atoms with Gasteiger partial charge in [0.05, 0.1) is 49.0 Å². The third-order valence-electron chi connectivity index (χ3n) is 12.3.